The van der Waals surface area contributed by atoms with E-state index in [0.29, 0.717) is 5.69 Å². The number of nitrogens with zero attached hydrogens (tertiary/aromatic N) is 1. The first kappa shape index (κ1) is 19.5. The number of ether oxygens (including phenoxy) is 1. The van der Waals surface area contributed by atoms with E-state index in [0.717, 1.165) is 22.4 Å². The second kappa shape index (κ2) is 7.19. The first-order chi connectivity index (χ1) is 12.0. The van der Waals surface area contributed by atoms with Crippen molar-refractivity contribution in [1.29, 1.82) is 0 Å². The number of hydrogen-bond donors (Lipinski definition) is 2. The third-order valence-electron chi connectivity index (χ3n) is 3.53. The van der Waals surface area contributed by atoms with Crippen molar-refractivity contribution in [1.82, 2.24) is 4.98 Å². The molecule has 0 aliphatic carbocycles. The van der Waals surface area contributed by atoms with Gasteiger partial charge in [0, 0.05) is 5.69 Å². The number of amides is 2. The predicted molar refractivity (Wildman–Crippen MR) is 99.7 cm³/mol. The molecule has 140 valence electrons. The maximum absolute atomic E-state index is 12.6. The molecule has 1 aromatic heterocycles. The molecule has 0 bridgehead atoms. The van der Waals surface area contributed by atoms with E-state index in [2.05, 4.69) is 15.6 Å². The van der Waals surface area contributed by atoms with Crippen LogP contribution in [0.15, 0.2) is 16.5 Å². The molecule has 1 heterocycles. The molecule has 0 fully saturated rings. The molecule has 0 aliphatic heterocycles. The summed E-state index contributed by atoms with van der Waals surface area (Å²) in [5.41, 5.74) is 3.50. The molecule has 26 heavy (non-hydrogen) atoms. The van der Waals surface area contributed by atoms with Gasteiger partial charge < -0.3 is 14.5 Å². The lowest BCUT2D eigenvalue weighted by Gasteiger charge is -2.18. The molecule has 0 radical (unpaired) electrons. The van der Waals surface area contributed by atoms with E-state index >= 15 is 0 Å². The Balaban J connectivity index is 2.16. The number of aryl methyl sites for hydroxylation is 4. The monoisotopic (exact) mass is 359 g/mol. The molecule has 2 N–H and O–H groups in total. The van der Waals surface area contributed by atoms with Crippen molar-refractivity contribution >= 4 is 23.7 Å². The van der Waals surface area contributed by atoms with Gasteiger partial charge in [0.2, 0.25) is 5.76 Å². The molecular weight excluding hydrogens is 334 g/mol. The van der Waals surface area contributed by atoms with Crippen LogP contribution in [-0.4, -0.2) is 22.6 Å². The third-order valence-corrected chi connectivity index (χ3v) is 3.53. The number of oxazole rings is 1. The lowest BCUT2D eigenvalue weighted by Crippen LogP contribution is -2.27. The van der Waals surface area contributed by atoms with Gasteiger partial charge in [-0.3, -0.25) is 4.79 Å². The van der Waals surface area contributed by atoms with E-state index in [1.165, 1.54) is 0 Å². The zero-order chi connectivity index (χ0) is 19.6. The summed E-state index contributed by atoms with van der Waals surface area (Å²) < 4.78 is 10.5. The van der Waals surface area contributed by atoms with Gasteiger partial charge in [0.25, 0.3) is 5.91 Å². The lowest BCUT2D eigenvalue weighted by molar-refractivity contribution is 0.0630. The van der Waals surface area contributed by atoms with Crippen LogP contribution >= 0.6 is 0 Å². The Morgan fingerprint density at radius 3 is 2.15 bits per heavy atom. The van der Waals surface area contributed by atoms with Crippen LogP contribution in [0.1, 0.15) is 53.7 Å². The minimum absolute atomic E-state index is 0.0374. The number of carbonyl (C=O) groups is 2. The van der Waals surface area contributed by atoms with Gasteiger partial charge in [-0.05, 0) is 59.6 Å². The van der Waals surface area contributed by atoms with Crippen LogP contribution in [0.25, 0.3) is 0 Å². The zero-order valence-electron chi connectivity index (χ0n) is 16.2. The fourth-order valence-electron chi connectivity index (χ4n) is 2.60. The maximum Gasteiger partial charge on any atom is 0.415 e. The minimum Gasteiger partial charge on any atom is -0.443 e. The van der Waals surface area contributed by atoms with Crippen molar-refractivity contribution in [2.75, 3.05) is 10.6 Å². The molecule has 2 aromatic rings. The lowest BCUT2D eigenvalue weighted by atomic mass is 10.1. The highest BCUT2D eigenvalue weighted by molar-refractivity contribution is 6.04. The van der Waals surface area contributed by atoms with Gasteiger partial charge >= 0.3 is 12.1 Å². The topological polar surface area (TPSA) is 93.5 Å². The first-order valence-electron chi connectivity index (χ1n) is 8.33. The van der Waals surface area contributed by atoms with Crippen molar-refractivity contribution in [3.8, 4) is 0 Å². The Morgan fingerprint density at radius 2 is 1.62 bits per heavy atom. The highest BCUT2D eigenvalue weighted by Crippen LogP contribution is 2.24. The van der Waals surface area contributed by atoms with Crippen LogP contribution in [0, 0.1) is 27.7 Å². The van der Waals surface area contributed by atoms with Gasteiger partial charge in [0.15, 0.2) is 0 Å². The number of carbonyl (C=O) groups excluding carboxylic acids is 2. The van der Waals surface area contributed by atoms with Gasteiger partial charge in [-0.1, -0.05) is 17.7 Å². The quantitative estimate of drug-likeness (QED) is 0.841. The fraction of sp³-hybridized carbons (Fsp3) is 0.421. The van der Waals surface area contributed by atoms with Gasteiger partial charge in [0.1, 0.15) is 5.60 Å². The van der Waals surface area contributed by atoms with Crippen LogP contribution < -0.4 is 10.6 Å². The van der Waals surface area contributed by atoms with Gasteiger partial charge in [-0.25, -0.2) is 10.1 Å². The van der Waals surface area contributed by atoms with Crippen LogP contribution in [0.2, 0.25) is 0 Å². The summed E-state index contributed by atoms with van der Waals surface area (Å²) in [6.07, 6.45) is -0.698. The molecule has 0 spiro atoms. The van der Waals surface area contributed by atoms with Crippen molar-refractivity contribution in [2.24, 2.45) is 0 Å². The molecule has 2 rings (SSSR count). The summed E-state index contributed by atoms with van der Waals surface area (Å²) in [6, 6.07) is 3.90. The normalized spacial score (nSPS) is 11.2. The second-order valence-electron chi connectivity index (χ2n) is 7.29. The SMILES string of the molecule is Cc1cc(C)c(NC(=O)c2oc(NC(=O)OC(C)(C)C)nc2C)c(C)c1. The van der Waals surface area contributed by atoms with Crippen LogP contribution in [-0.2, 0) is 4.74 Å². The summed E-state index contributed by atoms with van der Waals surface area (Å²) in [4.78, 5) is 28.4. The Morgan fingerprint density at radius 1 is 1.04 bits per heavy atom. The Labute approximate surface area is 153 Å². The van der Waals surface area contributed by atoms with E-state index in [9.17, 15) is 9.59 Å². The highest BCUT2D eigenvalue weighted by atomic mass is 16.6. The Bertz CT molecular complexity index is 824. The molecule has 7 nitrogen and oxygen atoms in total. The largest absolute Gasteiger partial charge is 0.443 e. The van der Waals surface area contributed by atoms with Crippen LogP contribution in [0.3, 0.4) is 0 Å². The smallest absolute Gasteiger partial charge is 0.415 e. The maximum atomic E-state index is 12.6. The predicted octanol–water partition coefficient (Wildman–Crippen LogP) is 4.51. The van der Waals surface area contributed by atoms with Crippen molar-refractivity contribution in [2.45, 2.75) is 54.1 Å². The molecule has 0 unspecified atom stereocenters. The van der Waals surface area contributed by atoms with Crippen LogP contribution in [0.4, 0.5) is 16.5 Å². The molecule has 0 saturated heterocycles. The number of hydrogen-bond acceptors (Lipinski definition) is 5. The number of rotatable bonds is 3. The minimum atomic E-state index is -0.698. The molecule has 2 amide bonds. The van der Waals surface area contributed by atoms with E-state index in [4.69, 9.17) is 9.15 Å². The van der Waals surface area contributed by atoms with Gasteiger partial charge in [-0.15, -0.1) is 0 Å². The summed E-state index contributed by atoms with van der Waals surface area (Å²) >= 11 is 0. The molecule has 0 atom stereocenters. The van der Waals surface area contributed by atoms with Crippen molar-refractivity contribution < 1.29 is 18.7 Å². The zero-order valence-corrected chi connectivity index (χ0v) is 16.2. The first-order valence-corrected chi connectivity index (χ1v) is 8.33. The number of anilines is 2. The van der Waals surface area contributed by atoms with Gasteiger partial charge in [0.05, 0.1) is 5.69 Å². The van der Waals surface area contributed by atoms with Crippen LogP contribution in [0.5, 0.6) is 0 Å². The molecule has 0 saturated carbocycles. The van der Waals surface area contributed by atoms with E-state index < -0.39 is 17.6 Å². The Hall–Kier alpha value is -2.83. The number of benzene rings is 1. The molecule has 1 aromatic carbocycles. The second-order valence-corrected chi connectivity index (χ2v) is 7.29. The van der Waals surface area contributed by atoms with E-state index in [-0.39, 0.29) is 11.8 Å². The molecule has 7 heteroatoms. The standard InChI is InChI=1S/C19H25N3O4/c1-10-8-11(2)14(12(3)9-10)21-16(23)15-13(4)20-17(25-15)22-18(24)26-19(5,6)7/h8-9H,1-7H3,(H,21,23)(H,20,22,24). The third kappa shape index (κ3) is 4.84. The molecular formula is C19H25N3O4. The summed E-state index contributed by atoms with van der Waals surface area (Å²) in [6.45, 7) is 12.7. The van der Waals surface area contributed by atoms with Crippen molar-refractivity contribution in [3.05, 3.63) is 40.3 Å². The van der Waals surface area contributed by atoms with E-state index in [1.807, 2.05) is 32.9 Å². The summed E-state index contributed by atoms with van der Waals surface area (Å²) in [7, 11) is 0. The van der Waals surface area contributed by atoms with Crippen molar-refractivity contribution in [3.63, 3.8) is 0 Å². The highest BCUT2D eigenvalue weighted by Gasteiger charge is 2.22. The average molecular weight is 359 g/mol. The summed E-state index contributed by atoms with van der Waals surface area (Å²) in [5, 5.41) is 5.24. The summed E-state index contributed by atoms with van der Waals surface area (Å²) in [5.74, 6) is -0.391. The van der Waals surface area contributed by atoms with E-state index in [1.54, 1.807) is 27.7 Å². The number of nitrogens with one attached hydrogen (secondary N) is 2. The average Bonchev–Trinajstić information content (AvgIpc) is 2.81. The Kier molecular flexibility index (Phi) is 5.39. The fourth-order valence-corrected chi connectivity index (χ4v) is 2.60. The van der Waals surface area contributed by atoms with Gasteiger partial charge in [-0.2, -0.15) is 4.98 Å². The molecule has 0 aliphatic rings. The number of aromatic nitrogens is 1.